The second kappa shape index (κ2) is 8.26. The van der Waals surface area contributed by atoms with E-state index in [-0.39, 0.29) is 29.1 Å². The van der Waals surface area contributed by atoms with Gasteiger partial charge in [0.25, 0.3) is 22.9 Å². The summed E-state index contributed by atoms with van der Waals surface area (Å²) in [5.41, 5.74) is 1.10. The lowest BCUT2D eigenvalue weighted by Gasteiger charge is -2.30. The molecule has 1 aromatic carbocycles. The van der Waals surface area contributed by atoms with Gasteiger partial charge in [-0.1, -0.05) is 0 Å². The minimum Gasteiger partial charge on any atom is -0.355 e. The van der Waals surface area contributed by atoms with E-state index < -0.39 is 17.3 Å². The number of pyridine rings is 2. The van der Waals surface area contributed by atoms with E-state index in [9.17, 15) is 23.6 Å². The Labute approximate surface area is 182 Å². The minimum atomic E-state index is -0.519. The Balaban J connectivity index is 1.78. The van der Waals surface area contributed by atoms with Crippen LogP contribution >= 0.6 is 0 Å². The number of amides is 2. The summed E-state index contributed by atoms with van der Waals surface area (Å²) in [4.78, 5) is 52.2. The highest BCUT2D eigenvalue weighted by atomic mass is 19.1. The summed E-state index contributed by atoms with van der Waals surface area (Å²) in [5, 5.41) is 2.50. The number of hydrogen-bond donors (Lipinski definition) is 1. The zero-order valence-electron chi connectivity index (χ0n) is 17.6. The molecule has 0 fully saturated rings. The third-order valence-corrected chi connectivity index (χ3v) is 5.60. The first-order valence-electron chi connectivity index (χ1n) is 10.0. The molecule has 9 heteroatoms. The van der Waals surface area contributed by atoms with E-state index in [0.29, 0.717) is 29.8 Å². The molecule has 1 N–H and O–H groups in total. The van der Waals surface area contributed by atoms with Gasteiger partial charge in [0.05, 0.1) is 0 Å². The zero-order chi connectivity index (χ0) is 23.0. The van der Waals surface area contributed by atoms with Crippen LogP contribution in [-0.4, -0.2) is 39.4 Å². The van der Waals surface area contributed by atoms with Gasteiger partial charge in [-0.3, -0.25) is 23.7 Å². The number of carbonyl (C=O) groups is 2. The van der Waals surface area contributed by atoms with Crippen molar-refractivity contribution >= 4 is 11.8 Å². The van der Waals surface area contributed by atoms with Gasteiger partial charge in [0, 0.05) is 56.9 Å². The summed E-state index contributed by atoms with van der Waals surface area (Å²) in [6.07, 6.45) is 3.43. The summed E-state index contributed by atoms with van der Waals surface area (Å²) in [5.74, 6) is -1.28. The number of rotatable bonds is 3. The van der Waals surface area contributed by atoms with E-state index in [1.807, 2.05) is 0 Å². The Morgan fingerprint density at radius 1 is 1.09 bits per heavy atom. The molecule has 2 amide bonds. The molecule has 8 nitrogen and oxygen atoms in total. The highest BCUT2D eigenvalue weighted by Gasteiger charge is 2.28. The summed E-state index contributed by atoms with van der Waals surface area (Å²) in [6, 6.07) is 8.21. The molecular weight excluding hydrogens is 415 g/mol. The van der Waals surface area contributed by atoms with Crippen LogP contribution in [0.3, 0.4) is 0 Å². The third-order valence-electron chi connectivity index (χ3n) is 5.60. The molecule has 0 unspecified atom stereocenters. The summed E-state index contributed by atoms with van der Waals surface area (Å²) in [6.45, 7) is 0.458. The lowest BCUT2D eigenvalue weighted by molar-refractivity contribution is 0.0733. The quantitative estimate of drug-likeness (QED) is 0.669. The maximum atomic E-state index is 13.4. The van der Waals surface area contributed by atoms with E-state index in [2.05, 4.69) is 5.32 Å². The minimum absolute atomic E-state index is 0.00926. The Hall–Kier alpha value is -4.01. The molecule has 3 aromatic rings. The second-order valence-corrected chi connectivity index (χ2v) is 7.58. The van der Waals surface area contributed by atoms with Crippen LogP contribution in [0, 0.1) is 5.82 Å². The number of carbonyl (C=O) groups excluding carboxylic acids is 2. The highest BCUT2D eigenvalue weighted by molar-refractivity contribution is 5.96. The number of hydrogen-bond acceptors (Lipinski definition) is 4. The van der Waals surface area contributed by atoms with Crippen LogP contribution in [0.5, 0.6) is 0 Å². The van der Waals surface area contributed by atoms with Gasteiger partial charge in [-0.25, -0.2) is 4.39 Å². The normalized spacial score (nSPS) is 12.9. The van der Waals surface area contributed by atoms with Crippen molar-refractivity contribution in [3.8, 4) is 5.69 Å². The second-order valence-electron chi connectivity index (χ2n) is 7.58. The molecule has 0 saturated carbocycles. The predicted octanol–water partition coefficient (Wildman–Crippen LogP) is 1.23. The molecule has 164 valence electrons. The van der Waals surface area contributed by atoms with Crippen LogP contribution in [0.2, 0.25) is 0 Å². The fourth-order valence-electron chi connectivity index (χ4n) is 3.85. The molecule has 0 spiro atoms. The molecule has 0 atom stereocenters. The molecule has 2 aromatic heterocycles. The predicted molar refractivity (Wildman–Crippen MR) is 116 cm³/mol. The van der Waals surface area contributed by atoms with Crippen LogP contribution in [0.15, 0.2) is 58.4 Å². The Kier molecular flexibility index (Phi) is 5.48. The van der Waals surface area contributed by atoms with Crippen molar-refractivity contribution in [1.29, 1.82) is 0 Å². The monoisotopic (exact) mass is 436 g/mol. The molecule has 1 aliphatic rings. The van der Waals surface area contributed by atoms with Crippen LogP contribution in [0.25, 0.3) is 5.69 Å². The van der Waals surface area contributed by atoms with E-state index in [0.717, 1.165) is 0 Å². The third kappa shape index (κ3) is 3.73. The maximum absolute atomic E-state index is 13.4. The topological polar surface area (TPSA) is 93.4 Å². The molecule has 0 bridgehead atoms. The first-order chi connectivity index (χ1) is 15.3. The first-order valence-corrected chi connectivity index (χ1v) is 10.0. The average molecular weight is 436 g/mol. The lowest BCUT2D eigenvalue weighted by atomic mass is 9.95. The van der Waals surface area contributed by atoms with Crippen molar-refractivity contribution in [3.05, 3.63) is 97.6 Å². The van der Waals surface area contributed by atoms with Gasteiger partial charge in [-0.05, 0) is 47.9 Å². The number of aryl methyl sites for hydroxylation is 1. The molecule has 4 rings (SSSR count). The Morgan fingerprint density at radius 2 is 1.81 bits per heavy atom. The van der Waals surface area contributed by atoms with Crippen LogP contribution in [-0.2, 0) is 20.0 Å². The number of aromatic nitrogens is 2. The van der Waals surface area contributed by atoms with Crippen LogP contribution in [0.4, 0.5) is 4.39 Å². The van der Waals surface area contributed by atoms with Crippen molar-refractivity contribution in [3.63, 3.8) is 0 Å². The fourth-order valence-corrected chi connectivity index (χ4v) is 3.85. The van der Waals surface area contributed by atoms with Gasteiger partial charge < -0.3 is 14.8 Å². The van der Waals surface area contributed by atoms with E-state index in [1.165, 1.54) is 52.7 Å². The van der Waals surface area contributed by atoms with E-state index >= 15 is 0 Å². The van der Waals surface area contributed by atoms with E-state index in [4.69, 9.17) is 0 Å². The Bertz CT molecular complexity index is 1340. The number of benzene rings is 1. The van der Waals surface area contributed by atoms with Gasteiger partial charge in [0.2, 0.25) is 0 Å². The highest BCUT2D eigenvalue weighted by Crippen LogP contribution is 2.23. The van der Waals surface area contributed by atoms with Crippen molar-refractivity contribution in [2.75, 3.05) is 13.6 Å². The number of nitrogens with zero attached hydrogens (tertiary/aromatic N) is 3. The van der Waals surface area contributed by atoms with Crippen molar-refractivity contribution in [1.82, 2.24) is 19.4 Å². The number of fused-ring (bicyclic) bond motifs is 1. The molecule has 0 saturated heterocycles. The summed E-state index contributed by atoms with van der Waals surface area (Å²) < 4.78 is 16.0. The molecule has 3 heterocycles. The largest absolute Gasteiger partial charge is 0.355 e. The maximum Gasteiger partial charge on any atom is 0.268 e. The zero-order valence-corrected chi connectivity index (χ0v) is 17.6. The number of halogens is 1. The summed E-state index contributed by atoms with van der Waals surface area (Å²) >= 11 is 0. The molecule has 0 aliphatic carbocycles. The van der Waals surface area contributed by atoms with Gasteiger partial charge in [-0.15, -0.1) is 0 Å². The van der Waals surface area contributed by atoms with Crippen molar-refractivity contribution < 1.29 is 14.0 Å². The Morgan fingerprint density at radius 3 is 2.47 bits per heavy atom. The standard InChI is InChI=1S/C23H21FN4O4/c1-25-21(30)20-18-8-10-27(22(31)14-7-9-26(2)19(29)11-14)12-15(18)13-28(23(20)32)17-5-3-16(24)4-6-17/h3-7,9,11,13H,8,10,12H2,1-2H3,(H,25,30). The SMILES string of the molecule is CNC(=O)c1c2c(cn(-c3ccc(F)cc3)c1=O)CN(C(=O)c1ccn(C)c(=O)c1)CC2. The molecule has 32 heavy (non-hydrogen) atoms. The molecular formula is C23H21FN4O4. The molecule has 0 radical (unpaired) electrons. The van der Waals surface area contributed by atoms with Gasteiger partial charge in [0.15, 0.2) is 0 Å². The number of nitrogens with one attached hydrogen (secondary N) is 1. The van der Waals surface area contributed by atoms with Gasteiger partial charge in [0.1, 0.15) is 11.4 Å². The van der Waals surface area contributed by atoms with Crippen LogP contribution in [0.1, 0.15) is 31.8 Å². The first kappa shape index (κ1) is 21.2. The van der Waals surface area contributed by atoms with Gasteiger partial charge in [-0.2, -0.15) is 0 Å². The lowest BCUT2D eigenvalue weighted by Crippen LogP contribution is -2.41. The van der Waals surface area contributed by atoms with Gasteiger partial charge >= 0.3 is 0 Å². The molecule has 1 aliphatic heterocycles. The van der Waals surface area contributed by atoms with Crippen molar-refractivity contribution in [2.45, 2.75) is 13.0 Å². The summed E-state index contributed by atoms with van der Waals surface area (Å²) in [7, 11) is 3.04. The fraction of sp³-hybridized carbons (Fsp3) is 0.217. The average Bonchev–Trinajstić information content (AvgIpc) is 2.80. The van der Waals surface area contributed by atoms with E-state index in [1.54, 1.807) is 24.2 Å². The van der Waals surface area contributed by atoms with Crippen molar-refractivity contribution in [2.24, 2.45) is 7.05 Å². The van der Waals surface area contributed by atoms with Crippen LogP contribution < -0.4 is 16.4 Å². The smallest absolute Gasteiger partial charge is 0.268 e.